The summed E-state index contributed by atoms with van der Waals surface area (Å²) in [4.78, 5) is 10.8. The van der Waals surface area contributed by atoms with Crippen LogP contribution in [0.25, 0.3) is 6.08 Å². The number of benzene rings is 1. The van der Waals surface area contributed by atoms with E-state index in [2.05, 4.69) is 6.58 Å². The van der Waals surface area contributed by atoms with Crippen molar-refractivity contribution in [2.24, 2.45) is 0 Å². The fourth-order valence-electron chi connectivity index (χ4n) is 1.57. The van der Waals surface area contributed by atoms with Crippen LogP contribution in [-0.2, 0) is 5.41 Å². The van der Waals surface area contributed by atoms with Gasteiger partial charge < -0.3 is 5.11 Å². The van der Waals surface area contributed by atoms with Gasteiger partial charge >= 0.3 is 5.97 Å². The predicted molar refractivity (Wildman–Crippen MR) is 62.2 cm³/mol. The molecule has 0 radical (unpaired) electrons. The van der Waals surface area contributed by atoms with E-state index in [0.29, 0.717) is 5.56 Å². The lowest BCUT2D eigenvalue weighted by Crippen LogP contribution is -2.15. The van der Waals surface area contributed by atoms with Crippen LogP contribution in [0.1, 0.15) is 42.3 Å². The third-order valence-corrected chi connectivity index (χ3v) is 2.40. The van der Waals surface area contributed by atoms with E-state index in [9.17, 15) is 9.18 Å². The van der Waals surface area contributed by atoms with Gasteiger partial charge in [0.15, 0.2) is 0 Å². The van der Waals surface area contributed by atoms with Crippen molar-refractivity contribution in [1.82, 2.24) is 0 Å². The molecule has 1 aromatic rings. The van der Waals surface area contributed by atoms with Gasteiger partial charge in [-0.15, -0.1) is 0 Å². The van der Waals surface area contributed by atoms with Gasteiger partial charge in [-0.1, -0.05) is 33.4 Å². The number of aromatic carboxylic acids is 1. The van der Waals surface area contributed by atoms with E-state index in [-0.39, 0.29) is 11.0 Å². The van der Waals surface area contributed by atoms with Crippen LogP contribution in [0.4, 0.5) is 4.39 Å². The Morgan fingerprint density at radius 2 is 2.00 bits per heavy atom. The van der Waals surface area contributed by atoms with Crippen LogP contribution in [0.3, 0.4) is 0 Å². The maximum atomic E-state index is 13.5. The summed E-state index contributed by atoms with van der Waals surface area (Å²) in [6.45, 7) is 9.44. The van der Waals surface area contributed by atoms with Crippen LogP contribution in [0.5, 0.6) is 0 Å². The van der Waals surface area contributed by atoms with Gasteiger partial charge in [-0.2, -0.15) is 0 Å². The van der Waals surface area contributed by atoms with E-state index in [1.54, 1.807) is 6.08 Å². The Hall–Kier alpha value is -1.64. The first kappa shape index (κ1) is 12.4. The number of carboxylic acids is 1. The van der Waals surface area contributed by atoms with Crippen molar-refractivity contribution in [2.45, 2.75) is 26.2 Å². The Bertz CT molecular complexity index is 442. The van der Waals surface area contributed by atoms with Gasteiger partial charge in [-0.25, -0.2) is 9.18 Å². The zero-order valence-corrected chi connectivity index (χ0v) is 9.67. The maximum absolute atomic E-state index is 13.5. The lowest BCUT2D eigenvalue weighted by Gasteiger charge is -2.22. The molecular formula is C13H15FO2. The molecule has 0 bridgehead atoms. The lowest BCUT2D eigenvalue weighted by molar-refractivity contribution is 0.0691. The third-order valence-electron chi connectivity index (χ3n) is 2.40. The van der Waals surface area contributed by atoms with Crippen molar-refractivity contribution in [2.75, 3.05) is 0 Å². The molecular weight excluding hydrogens is 207 g/mol. The Labute approximate surface area is 94.4 Å². The third kappa shape index (κ3) is 2.30. The van der Waals surface area contributed by atoms with E-state index in [1.165, 1.54) is 12.1 Å². The van der Waals surface area contributed by atoms with E-state index < -0.39 is 11.8 Å². The zero-order valence-electron chi connectivity index (χ0n) is 9.67. The molecule has 0 aliphatic rings. The molecule has 1 rings (SSSR count). The molecule has 0 saturated carbocycles. The monoisotopic (exact) mass is 222 g/mol. The quantitative estimate of drug-likeness (QED) is 0.831. The highest BCUT2D eigenvalue weighted by atomic mass is 19.1. The number of carbonyl (C=O) groups is 1. The average molecular weight is 222 g/mol. The fourth-order valence-corrected chi connectivity index (χ4v) is 1.57. The highest BCUT2D eigenvalue weighted by Crippen LogP contribution is 2.29. The molecule has 0 aliphatic carbocycles. The summed E-state index contributed by atoms with van der Waals surface area (Å²) in [6.07, 6.45) is 1.55. The van der Waals surface area contributed by atoms with Gasteiger partial charge in [-0.3, -0.25) is 0 Å². The molecule has 0 spiro atoms. The minimum atomic E-state index is -1.26. The molecule has 0 fully saturated rings. The standard InChI is InChI=1S/C13H15FO2/c1-5-8-6-9(12(15)16)11(14)7-10(8)13(2,3)4/h5-7H,1H2,2-4H3,(H,15,16). The van der Waals surface area contributed by atoms with Crippen molar-refractivity contribution < 1.29 is 14.3 Å². The number of hydrogen-bond donors (Lipinski definition) is 1. The Morgan fingerprint density at radius 3 is 2.38 bits per heavy atom. The molecule has 0 unspecified atom stereocenters. The second-order valence-corrected chi connectivity index (χ2v) is 4.68. The topological polar surface area (TPSA) is 37.3 Å². The highest BCUT2D eigenvalue weighted by molar-refractivity contribution is 5.89. The largest absolute Gasteiger partial charge is 0.478 e. The van der Waals surface area contributed by atoms with Crippen LogP contribution in [0.2, 0.25) is 0 Å². The van der Waals surface area contributed by atoms with Crippen LogP contribution < -0.4 is 0 Å². The summed E-state index contributed by atoms with van der Waals surface area (Å²) in [6, 6.07) is 2.60. The van der Waals surface area contributed by atoms with Gasteiger partial charge in [0.05, 0.1) is 5.56 Å². The van der Waals surface area contributed by atoms with Gasteiger partial charge in [0.1, 0.15) is 5.82 Å². The summed E-state index contributed by atoms with van der Waals surface area (Å²) >= 11 is 0. The summed E-state index contributed by atoms with van der Waals surface area (Å²) < 4.78 is 13.5. The molecule has 0 heterocycles. The van der Waals surface area contributed by atoms with Crippen molar-refractivity contribution in [3.63, 3.8) is 0 Å². The smallest absolute Gasteiger partial charge is 0.338 e. The maximum Gasteiger partial charge on any atom is 0.338 e. The minimum Gasteiger partial charge on any atom is -0.478 e. The lowest BCUT2D eigenvalue weighted by atomic mass is 9.83. The summed E-state index contributed by atoms with van der Waals surface area (Å²) in [5.74, 6) is -1.97. The molecule has 1 N–H and O–H groups in total. The number of carboxylic acid groups (broad SMARTS) is 1. The number of halogens is 1. The predicted octanol–water partition coefficient (Wildman–Crippen LogP) is 3.46. The van der Waals surface area contributed by atoms with Crippen molar-refractivity contribution in [3.8, 4) is 0 Å². The second-order valence-electron chi connectivity index (χ2n) is 4.68. The second kappa shape index (κ2) is 4.08. The van der Waals surface area contributed by atoms with Crippen LogP contribution in [-0.4, -0.2) is 11.1 Å². The molecule has 16 heavy (non-hydrogen) atoms. The summed E-state index contributed by atoms with van der Waals surface area (Å²) in [5.41, 5.74) is 0.848. The molecule has 0 saturated heterocycles. The van der Waals surface area contributed by atoms with Gasteiger partial charge in [0.2, 0.25) is 0 Å². The number of rotatable bonds is 2. The minimum absolute atomic E-state index is 0.249. The fraction of sp³-hybridized carbons (Fsp3) is 0.308. The first-order valence-electron chi connectivity index (χ1n) is 4.97. The zero-order chi connectivity index (χ0) is 12.5. The highest BCUT2D eigenvalue weighted by Gasteiger charge is 2.21. The molecule has 0 amide bonds. The molecule has 0 aliphatic heterocycles. The van der Waals surface area contributed by atoms with Crippen LogP contribution >= 0.6 is 0 Å². The van der Waals surface area contributed by atoms with E-state index >= 15 is 0 Å². The Kier molecular flexibility index (Phi) is 3.17. The van der Waals surface area contributed by atoms with Gasteiger partial charge in [-0.05, 0) is 28.7 Å². The van der Waals surface area contributed by atoms with E-state index in [0.717, 1.165) is 5.56 Å². The summed E-state index contributed by atoms with van der Waals surface area (Å²) in [5, 5.41) is 8.81. The molecule has 0 atom stereocenters. The molecule has 86 valence electrons. The normalized spacial score (nSPS) is 11.2. The van der Waals surface area contributed by atoms with Crippen LogP contribution in [0, 0.1) is 5.82 Å². The molecule has 0 aromatic heterocycles. The van der Waals surface area contributed by atoms with Gasteiger partial charge in [0, 0.05) is 0 Å². The molecule has 2 nitrogen and oxygen atoms in total. The number of hydrogen-bond acceptors (Lipinski definition) is 1. The van der Waals surface area contributed by atoms with Crippen molar-refractivity contribution in [3.05, 3.63) is 41.2 Å². The molecule has 1 aromatic carbocycles. The van der Waals surface area contributed by atoms with Crippen molar-refractivity contribution in [1.29, 1.82) is 0 Å². The van der Waals surface area contributed by atoms with E-state index in [1.807, 2.05) is 20.8 Å². The first-order chi connectivity index (χ1) is 7.27. The van der Waals surface area contributed by atoms with Gasteiger partial charge in [0.25, 0.3) is 0 Å². The van der Waals surface area contributed by atoms with Crippen molar-refractivity contribution >= 4 is 12.0 Å². The summed E-state index contributed by atoms with van der Waals surface area (Å²) in [7, 11) is 0. The van der Waals surface area contributed by atoms with E-state index in [4.69, 9.17) is 5.11 Å². The Balaban J connectivity index is 3.50. The first-order valence-corrected chi connectivity index (χ1v) is 4.97. The Morgan fingerprint density at radius 1 is 1.44 bits per heavy atom. The average Bonchev–Trinajstić information content (AvgIpc) is 2.15. The molecule has 3 heteroatoms. The van der Waals surface area contributed by atoms with Crippen LogP contribution in [0.15, 0.2) is 18.7 Å². The SMILES string of the molecule is C=Cc1cc(C(=O)O)c(F)cc1C(C)(C)C.